The maximum Gasteiger partial charge on any atom is 0.255 e. The van der Waals surface area contributed by atoms with E-state index in [4.69, 9.17) is 4.98 Å². The van der Waals surface area contributed by atoms with Crippen LogP contribution in [0.15, 0.2) is 23.0 Å². The van der Waals surface area contributed by atoms with Crippen molar-refractivity contribution < 1.29 is 4.39 Å². The van der Waals surface area contributed by atoms with Crippen LogP contribution >= 0.6 is 0 Å². The molecular weight excluding hydrogens is 331 g/mol. The number of piperidine rings is 1. The van der Waals surface area contributed by atoms with Gasteiger partial charge in [0, 0.05) is 36.3 Å². The molecule has 2 aromatic rings. The van der Waals surface area contributed by atoms with Crippen LogP contribution in [0.4, 0.5) is 16.0 Å². The number of H-pyrrole nitrogens is 1. The molecule has 5 rings (SSSR count). The standard InChI is InChI=1S/C20H23FN4O/c21-13-5-6-15-17(11-13)22-12-20(15)7-9-25(10-8-20)19-23-16-4-2-1-3-14(16)18(26)24-19/h5-6,11,22H,1-4,7-10,12H2,(H,23,24,26). The summed E-state index contributed by atoms with van der Waals surface area (Å²) in [6, 6.07) is 5.08. The first-order valence-corrected chi connectivity index (χ1v) is 9.56. The third-order valence-corrected chi connectivity index (χ3v) is 6.37. The molecule has 0 bridgehead atoms. The zero-order chi connectivity index (χ0) is 17.7. The van der Waals surface area contributed by atoms with Crippen LogP contribution in [0, 0.1) is 5.82 Å². The molecule has 3 aliphatic rings. The average molecular weight is 354 g/mol. The van der Waals surface area contributed by atoms with E-state index >= 15 is 0 Å². The van der Waals surface area contributed by atoms with Crippen molar-refractivity contribution in [1.29, 1.82) is 0 Å². The van der Waals surface area contributed by atoms with Crippen LogP contribution in [0.1, 0.15) is 42.5 Å². The smallest absolute Gasteiger partial charge is 0.255 e. The highest BCUT2D eigenvalue weighted by Crippen LogP contribution is 2.44. The number of nitrogens with zero attached hydrogens (tertiary/aromatic N) is 2. The minimum atomic E-state index is -0.193. The molecule has 0 radical (unpaired) electrons. The van der Waals surface area contributed by atoms with Crippen molar-refractivity contribution >= 4 is 11.6 Å². The molecule has 1 aromatic heterocycles. The molecule has 0 atom stereocenters. The number of hydrogen-bond acceptors (Lipinski definition) is 4. The molecule has 1 saturated heterocycles. The first-order chi connectivity index (χ1) is 12.6. The molecule has 136 valence electrons. The van der Waals surface area contributed by atoms with Gasteiger partial charge < -0.3 is 10.2 Å². The van der Waals surface area contributed by atoms with Gasteiger partial charge in [-0.3, -0.25) is 9.78 Å². The van der Waals surface area contributed by atoms with Gasteiger partial charge in [0.15, 0.2) is 0 Å². The molecule has 0 unspecified atom stereocenters. The summed E-state index contributed by atoms with van der Waals surface area (Å²) in [6.07, 6.45) is 5.90. The molecule has 1 aliphatic carbocycles. The van der Waals surface area contributed by atoms with E-state index in [2.05, 4.69) is 15.2 Å². The van der Waals surface area contributed by atoms with E-state index in [1.807, 2.05) is 6.07 Å². The summed E-state index contributed by atoms with van der Waals surface area (Å²) >= 11 is 0. The molecule has 2 aliphatic heterocycles. The Morgan fingerprint density at radius 1 is 1.15 bits per heavy atom. The summed E-state index contributed by atoms with van der Waals surface area (Å²) in [4.78, 5) is 22.4. The Morgan fingerprint density at radius 3 is 2.81 bits per heavy atom. The van der Waals surface area contributed by atoms with Gasteiger partial charge in [0.2, 0.25) is 5.95 Å². The van der Waals surface area contributed by atoms with Crippen LogP contribution in [0.25, 0.3) is 0 Å². The minimum Gasteiger partial charge on any atom is -0.384 e. The lowest BCUT2D eigenvalue weighted by Gasteiger charge is -2.39. The Bertz CT molecular complexity index is 915. The van der Waals surface area contributed by atoms with Gasteiger partial charge in [0.1, 0.15) is 5.82 Å². The molecule has 0 saturated carbocycles. The van der Waals surface area contributed by atoms with Crippen molar-refractivity contribution in [2.24, 2.45) is 0 Å². The molecule has 1 fully saturated rings. The van der Waals surface area contributed by atoms with Crippen molar-refractivity contribution in [2.45, 2.75) is 43.9 Å². The van der Waals surface area contributed by atoms with Gasteiger partial charge in [0.05, 0.1) is 5.69 Å². The van der Waals surface area contributed by atoms with Crippen molar-refractivity contribution in [3.8, 4) is 0 Å². The molecule has 5 nitrogen and oxygen atoms in total. The topological polar surface area (TPSA) is 61.0 Å². The number of halogens is 1. The van der Waals surface area contributed by atoms with Gasteiger partial charge in [-0.2, -0.15) is 0 Å². The highest BCUT2D eigenvalue weighted by atomic mass is 19.1. The zero-order valence-electron chi connectivity index (χ0n) is 14.8. The van der Waals surface area contributed by atoms with Crippen LogP contribution in [0.2, 0.25) is 0 Å². The zero-order valence-corrected chi connectivity index (χ0v) is 14.8. The van der Waals surface area contributed by atoms with Crippen LogP contribution in [-0.4, -0.2) is 29.6 Å². The fourth-order valence-electron chi connectivity index (χ4n) is 4.82. The normalized spacial score (nSPS) is 20.6. The Morgan fingerprint density at radius 2 is 1.96 bits per heavy atom. The number of hydrogen-bond donors (Lipinski definition) is 2. The van der Waals surface area contributed by atoms with Gasteiger partial charge in [-0.25, -0.2) is 9.37 Å². The van der Waals surface area contributed by atoms with Crippen LogP contribution in [0.5, 0.6) is 0 Å². The third kappa shape index (κ3) is 2.42. The van der Waals surface area contributed by atoms with E-state index < -0.39 is 0 Å². The predicted molar refractivity (Wildman–Crippen MR) is 99.5 cm³/mol. The number of benzene rings is 1. The lowest BCUT2D eigenvalue weighted by molar-refractivity contribution is 0.359. The van der Waals surface area contributed by atoms with E-state index in [-0.39, 0.29) is 16.8 Å². The Balaban J connectivity index is 1.39. The first kappa shape index (κ1) is 15.9. The van der Waals surface area contributed by atoms with E-state index in [1.54, 1.807) is 12.1 Å². The SMILES string of the molecule is O=c1[nH]c(N2CCC3(CC2)CNc2cc(F)ccc23)nc2c1CCCC2. The fourth-order valence-corrected chi connectivity index (χ4v) is 4.82. The van der Waals surface area contributed by atoms with Crippen molar-refractivity contribution in [3.05, 3.63) is 51.2 Å². The summed E-state index contributed by atoms with van der Waals surface area (Å²) in [5, 5.41) is 3.37. The highest BCUT2D eigenvalue weighted by Gasteiger charge is 2.42. The number of aryl methyl sites for hydroxylation is 1. The van der Waals surface area contributed by atoms with Crippen molar-refractivity contribution in [3.63, 3.8) is 0 Å². The molecule has 2 N–H and O–H groups in total. The molecule has 1 spiro atoms. The van der Waals surface area contributed by atoms with E-state index in [1.165, 1.54) is 5.56 Å². The van der Waals surface area contributed by atoms with Gasteiger partial charge in [-0.05, 0) is 56.2 Å². The third-order valence-electron chi connectivity index (χ3n) is 6.37. The first-order valence-electron chi connectivity index (χ1n) is 9.56. The predicted octanol–water partition coefficient (Wildman–Crippen LogP) is 2.75. The molecular formula is C20H23FN4O. The van der Waals surface area contributed by atoms with Crippen LogP contribution in [-0.2, 0) is 18.3 Å². The van der Waals surface area contributed by atoms with E-state index in [0.717, 1.165) is 81.1 Å². The number of aromatic nitrogens is 2. The second-order valence-electron chi connectivity index (χ2n) is 7.83. The quantitative estimate of drug-likeness (QED) is 0.827. The monoisotopic (exact) mass is 354 g/mol. The van der Waals surface area contributed by atoms with E-state index in [0.29, 0.717) is 0 Å². The van der Waals surface area contributed by atoms with Gasteiger partial charge >= 0.3 is 0 Å². The second kappa shape index (κ2) is 5.83. The number of nitrogens with one attached hydrogen (secondary N) is 2. The maximum atomic E-state index is 13.5. The number of rotatable bonds is 1. The lowest BCUT2D eigenvalue weighted by Crippen LogP contribution is -2.45. The molecule has 3 heterocycles. The number of aromatic amines is 1. The molecule has 6 heteroatoms. The average Bonchev–Trinajstić information content (AvgIpc) is 3.00. The fraction of sp³-hybridized carbons (Fsp3) is 0.500. The molecule has 26 heavy (non-hydrogen) atoms. The summed E-state index contributed by atoms with van der Waals surface area (Å²) in [7, 11) is 0. The molecule has 0 amide bonds. The summed E-state index contributed by atoms with van der Waals surface area (Å²) < 4.78 is 13.5. The number of fused-ring (bicyclic) bond motifs is 3. The van der Waals surface area contributed by atoms with Gasteiger partial charge in [0.25, 0.3) is 5.56 Å². The minimum absolute atomic E-state index is 0.0355. The maximum absolute atomic E-state index is 13.5. The Hall–Kier alpha value is -2.37. The number of anilines is 2. The second-order valence-corrected chi connectivity index (χ2v) is 7.83. The van der Waals surface area contributed by atoms with Crippen molar-refractivity contribution in [2.75, 3.05) is 29.9 Å². The van der Waals surface area contributed by atoms with Crippen LogP contribution in [0.3, 0.4) is 0 Å². The lowest BCUT2D eigenvalue weighted by atomic mass is 9.74. The van der Waals surface area contributed by atoms with Crippen molar-refractivity contribution in [1.82, 2.24) is 9.97 Å². The van der Waals surface area contributed by atoms with E-state index in [9.17, 15) is 9.18 Å². The highest BCUT2D eigenvalue weighted by molar-refractivity contribution is 5.61. The molecule has 1 aromatic carbocycles. The van der Waals surface area contributed by atoms with Gasteiger partial charge in [-0.15, -0.1) is 0 Å². The summed E-state index contributed by atoms with van der Waals surface area (Å²) in [5.41, 5.74) is 4.12. The largest absolute Gasteiger partial charge is 0.384 e. The summed E-state index contributed by atoms with van der Waals surface area (Å²) in [6.45, 7) is 2.55. The Kier molecular flexibility index (Phi) is 3.55. The van der Waals surface area contributed by atoms with Crippen LogP contribution < -0.4 is 15.8 Å². The summed E-state index contributed by atoms with van der Waals surface area (Å²) in [5.74, 6) is 0.525. The van der Waals surface area contributed by atoms with Gasteiger partial charge in [-0.1, -0.05) is 6.07 Å². The Labute approximate surface area is 151 Å².